The van der Waals surface area contributed by atoms with E-state index in [1.165, 1.54) is 10.5 Å². The van der Waals surface area contributed by atoms with E-state index in [1.807, 2.05) is 24.3 Å². The van der Waals surface area contributed by atoms with Gasteiger partial charge >= 0.3 is 12.0 Å². The summed E-state index contributed by atoms with van der Waals surface area (Å²) in [5.41, 5.74) is 2.27. The third-order valence-corrected chi connectivity index (χ3v) is 3.92. The lowest BCUT2D eigenvalue weighted by molar-refractivity contribution is -0.143. The molecule has 0 radical (unpaired) electrons. The Bertz CT molecular complexity index is 499. The molecule has 114 valence electrons. The highest BCUT2D eigenvalue weighted by molar-refractivity contribution is 5.82. The number of rotatable bonds is 4. The van der Waals surface area contributed by atoms with Gasteiger partial charge in [0.1, 0.15) is 6.04 Å². The molecule has 5 nitrogen and oxygen atoms in total. The molecule has 1 heterocycles. The third-order valence-electron chi connectivity index (χ3n) is 3.92. The average molecular weight is 290 g/mol. The lowest BCUT2D eigenvalue weighted by atomic mass is 10.0. The van der Waals surface area contributed by atoms with Crippen LogP contribution in [-0.2, 0) is 17.8 Å². The average Bonchev–Trinajstić information content (AvgIpc) is 2.53. The standard InChI is InChI=1S/C16H22N2O3/c1-2-12-6-8-13(9-7-12)11-17-16(21)18-10-4-3-5-14(18)15(19)20/h6-9,14H,2-5,10-11H2,1H3,(H,17,21)(H,19,20). The number of hydrogen-bond donors (Lipinski definition) is 2. The number of carbonyl (C=O) groups excluding carboxylic acids is 1. The molecule has 2 amide bonds. The highest BCUT2D eigenvalue weighted by atomic mass is 16.4. The summed E-state index contributed by atoms with van der Waals surface area (Å²) < 4.78 is 0. The van der Waals surface area contributed by atoms with Gasteiger partial charge in [0, 0.05) is 13.1 Å². The second-order valence-corrected chi connectivity index (χ2v) is 5.37. The zero-order chi connectivity index (χ0) is 15.2. The van der Waals surface area contributed by atoms with Crippen LogP contribution in [0.4, 0.5) is 4.79 Å². The van der Waals surface area contributed by atoms with Crippen LogP contribution in [0, 0.1) is 0 Å². The highest BCUT2D eigenvalue weighted by Gasteiger charge is 2.31. The van der Waals surface area contributed by atoms with Crippen LogP contribution in [0.5, 0.6) is 0 Å². The van der Waals surface area contributed by atoms with E-state index in [4.69, 9.17) is 0 Å². The van der Waals surface area contributed by atoms with Crippen molar-refractivity contribution >= 4 is 12.0 Å². The van der Waals surface area contributed by atoms with Crippen molar-refractivity contribution in [1.82, 2.24) is 10.2 Å². The Morgan fingerprint density at radius 2 is 1.90 bits per heavy atom. The number of carboxylic acids is 1. The molecule has 0 bridgehead atoms. The smallest absolute Gasteiger partial charge is 0.326 e. The number of benzene rings is 1. The zero-order valence-electron chi connectivity index (χ0n) is 12.3. The van der Waals surface area contributed by atoms with Gasteiger partial charge in [0.2, 0.25) is 0 Å². The first kappa shape index (κ1) is 15.4. The molecule has 21 heavy (non-hydrogen) atoms. The molecule has 0 spiro atoms. The van der Waals surface area contributed by atoms with Crippen LogP contribution in [0.3, 0.4) is 0 Å². The summed E-state index contributed by atoms with van der Waals surface area (Å²) in [4.78, 5) is 24.8. The first-order valence-corrected chi connectivity index (χ1v) is 7.47. The number of aryl methyl sites for hydroxylation is 1. The fourth-order valence-corrected chi connectivity index (χ4v) is 2.60. The summed E-state index contributed by atoms with van der Waals surface area (Å²) in [6.45, 7) is 3.03. The van der Waals surface area contributed by atoms with Crippen molar-refractivity contribution in [3.63, 3.8) is 0 Å². The SMILES string of the molecule is CCc1ccc(CNC(=O)N2CCCCC2C(=O)O)cc1. The maximum atomic E-state index is 12.2. The molecule has 1 aliphatic heterocycles. The first-order chi connectivity index (χ1) is 10.1. The van der Waals surface area contributed by atoms with Crippen LogP contribution in [0.2, 0.25) is 0 Å². The molecule has 0 aromatic heterocycles. The maximum absolute atomic E-state index is 12.2. The van der Waals surface area contributed by atoms with Crippen molar-refractivity contribution in [3.05, 3.63) is 35.4 Å². The van der Waals surface area contributed by atoms with Gasteiger partial charge in [-0.25, -0.2) is 9.59 Å². The summed E-state index contributed by atoms with van der Waals surface area (Å²) in [5.74, 6) is -0.919. The molecule has 2 N–H and O–H groups in total. The van der Waals surface area contributed by atoms with E-state index >= 15 is 0 Å². The van der Waals surface area contributed by atoms with Crippen molar-refractivity contribution in [1.29, 1.82) is 0 Å². The number of nitrogens with zero attached hydrogens (tertiary/aromatic N) is 1. The van der Waals surface area contributed by atoms with E-state index in [2.05, 4.69) is 12.2 Å². The van der Waals surface area contributed by atoms with Crippen LogP contribution >= 0.6 is 0 Å². The number of carbonyl (C=O) groups is 2. The number of carboxylic acid groups (broad SMARTS) is 1. The summed E-state index contributed by atoms with van der Waals surface area (Å²) in [5, 5.41) is 12.0. The largest absolute Gasteiger partial charge is 0.480 e. The van der Waals surface area contributed by atoms with Gasteiger partial charge in [0.15, 0.2) is 0 Å². The van der Waals surface area contributed by atoms with Crippen molar-refractivity contribution in [2.24, 2.45) is 0 Å². The topological polar surface area (TPSA) is 69.6 Å². The first-order valence-electron chi connectivity index (χ1n) is 7.47. The van der Waals surface area contributed by atoms with Gasteiger partial charge in [-0.1, -0.05) is 31.2 Å². The number of likely N-dealkylation sites (tertiary alicyclic amines) is 1. The van der Waals surface area contributed by atoms with E-state index in [9.17, 15) is 14.7 Å². The Kier molecular flexibility index (Phi) is 5.20. The third kappa shape index (κ3) is 3.97. The van der Waals surface area contributed by atoms with E-state index < -0.39 is 12.0 Å². The minimum atomic E-state index is -0.919. The number of amides is 2. The zero-order valence-corrected chi connectivity index (χ0v) is 12.3. The Labute approximate surface area is 125 Å². The number of nitrogens with one attached hydrogen (secondary N) is 1. The number of urea groups is 1. The van der Waals surface area contributed by atoms with Crippen molar-refractivity contribution in [2.75, 3.05) is 6.54 Å². The Morgan fingerprint density at radius 1 is 1.24 bits per heavy atom. The minimum absolute atomic E-state index is 0.290. The molecule has 0 aliphatic carbocycles. The van der Waals surface area contributed by atoms with Gasteiger partial charge in [-0.15, -0.1) is 0 Å². The molecule has 2 rings (SSSR count). The molecule has 1 atom stereocenters. The van der Waals surface area contributed by atoms with Crippen LogP contribution < -0.4 is 5.32 Å². The predicted octanol–water partition coefficient (Wildman–Crippen LogP) is 2.40. The van der Waals surface area contributed by atoms with Gasteiger partial charge in [-0.05, 0) is 36.8 Å². The Hall–Kier alpha value is -2.04. The van der Waals surface area contributed by atoms with E-state index in [0.717, 1.165) is 24.8 Å². The lowest BCUT2D eigenvalue weighted by Crippen LogP contribution is -2.51. The summed E-state index contributed by atoms with van der Waals surface area (Å²) in [6.07, 6.45) is 3.25. The quantitative estimate of drug-likeness (QED) is 0.894. The fourth-order valence-electron chi connectivity index (χ4n) is 2.60. The second kappa shape index (κ2) is 7.11. The summed E-state index contributed by atoms with van der Waals surface area (Å²) in [7, 11) is 0. The molecule has 1 unspecified atom stereocenters. The van der Waals surface area contributed by atoms with Crippen molar-refractivity contribution in [2.45, 2.75) is 45.2 Å². The van der Waals surface area contributed by atoms with Crippen LogP contribution in [-0.4, -0.2) is 34.6 Å². The second-order valence-electron chi connectivity index (χ2n) is 5.37. The van der Waals surface area contributed by atoms with Crippen molar-refractivity contribution < 1.29 is 14.7 Å². The lowest BCUT2D eigenvalue weighted by Gasteiger charge is -2.32. The van der Waals surface area contributed by atoms with Gasteiger partial charge < -0.3 is 15.3 Å². The van der Waals surface area contributed by atoms with Crippen LogP contribution in [0.1, 0.15) is 37.3 Å². The van der Waals surface area contributed by atoms with E-state index in [0.29, 0.717) is 19.5 Å². The molecular weight excluding hydrogens is 268 g/mol. The fraction of sp³-hybridized carbons (Fsp3) is 0.500. The predicted molar refractivity (Wildman–Crippen MR) is 80.0 cm³/mol. The van der Waals surface area contributed by atoms with Crippen LogP contribution in [0.15, 0.2) is 24.3 Å². The molecule has 1 aliphatic rings. The molecule has 1 fully saturated rings. The van der Waals surface area contributed by atoms with E-state index in [1.54, 1.807) is 0 Å². The van der Waals surface area contributed by atoms with Gasteiger partial charge in [-0.3, -0.25) is 0 Å². The molecule has 0 saturated carbocycles. The monoisotopic (exact) mass is 290 g/mol. The van der Waals surface area contributed by atoms with E-state index in [-0.39, 0.29) is 6.03 Å². The highest BCUT2D eigenvalue weighted by Crippen LogP contribution is 2.17. The van der Waals surface area contributed by atoms with Crippen molar-refractivity contribution in [3.8, 4) is 0 Å². The minimum Gasteiger partial charge on any atom is -0.480 e. The van der Waals surface area contributed by atoms with Crippen LogP contribution in [0.25, 0.3) is 0 Å². The number of aliphatic carboxylic acids is 1. The molecule has 1 aromatic carbocycles. The summed E-state index contributed by atoms with van der Waals surface area (Å²) in [6, 6.07) is 7.08. The van der Waals surface area contributed by atoms with Gasteiger partial charge in [0.05, 0.1) is 0 Å². The molecule has 5 heteroatoms. The Morgan fingerprint density at radius 3 is 2.52 bits per heavy atom. The number of piperidine rings is 1. The maximum Gasteiger partial charge on any atom is 0.326 e. The summed E-state index contributed by atoms with van der Waals surface area (Å²) >= 11 is 0. The van der Waals surface area contributed by atoms with Gasteiger partial charge in [-0.2, -0.15) is 0 Å². The number of hydrogen-bond acceptors (Lipinski definition) is 2. The van der Waals surface area contributed by atoms with Gasteiger partial charge in [0.25, 0.3) is 0 Å². The Balaban J connectivity index is 1.91. The molecular formula is C16H22N2O3. The molecule has 1 aromatic rings. The normalized spacial score (nSPS) is 18.3. The molecule has 1 saturated heterocycles.